The lowest BCUT2D eigenvalue weighted by Gasteiger charge is -2.07. The third kappa shape index (κ3) is 1.88. The molecule has 4 heteroatoms. The van der Waals surface area contributed by atoms with Crippen LogP contribution in [0.1, 0.15) is 6.92 Å². The molecule has 0 aliphatic carbocycles. The van der Waals surface area contributed by atoms with Crippen LogP contribution in [0.5, 0.6) is 0 Å². The number of methoxy groups -OCH3 is 1. The maximum Gasteiger partial charge on any atom is 0.371 e. The summed E-state index contributed by atoms with van der Waals surface area (Å²) in [5.74, 6) is -4.13. The first kappa shape index (κ1) is 7.36. The fourth-order valence-corrected chi connectivity index (χ4v) is 0.186. The van der Waals surface area contributed by atoms with E-state index in [2.05, 4.69) is 4.74 Å². The van der Waals surface area contributed by atoms with Crippen molar-refractivity contribution in [1.29, 1.82) is 0 Å². The van der Waals surface area contributed by atoms with E-state index >= 15 is 0 Å². The van der Waals surface area contributed by atoms with Crippen LogP contribution in [0.2, 0.25) is 0 Å². The largest absolute Gasteiger partial charge is 0.465 e. The molecule has 0 aromatic rings. The predicted molar refractivity (Wildman–Crippen MR) is 23.7 cm³/mol. The second kappa shape index (κ2) is 2.09. The van der Waals surface area contributed by atoms with Gasteiger partial charge in [-0.1, -0.05) is 0 Å². The van der Waals surface area contributed by atoms with E-state index in [1.165, 1.54) is 0 Å². The van der Waals surface area contributed by atoms with Gasteiger partial charge in [-0.15, -0.1) is 0 Å². The Bertz CT molecular complexity index is 93.9. The molecule has 0 fully saturated rings. The molecule has 0 aliphatic heterocycles. The van der Waals surface area contributed by atoms with Crippen molar-refractivity contribution in [3.05, 3.63) is 0 Å². The van der Waals surface area contributed by atoms with Gasteiger partial charge in [0.1, 0.15) is 0 Å². The molecule has 1 N–H and O–H groups in total. The molecule has 1 atom stereocenters. The Morgan fingerprint density at radius 3 is 2.25 bits per heavy atom. The number of halogens is 1. The second-order valence-electron chi connectivity index (χ2n) is 1.44. The van der Waals surface area contributed by atoms with Gasteiger partial charge in [-0.3, -0.25) is 0 Å². The Morgan fingerprint density at radius 1 is 1.88 bits per heavy atom. The van der Waals surface area contributed by atoms with Gasteiger partial charge in [0.25, 0.3) is 0 Å². The smallest absolute Gasteiger partial charge is 0.371 e. The van der Waals surface area contributed by atoms with Crippen molar-refractivity contribution in [2.75, 3.05) is 7.11 Å². The van der Waals surface area contributed by atoms with Crippen LogP contribution in [0.15, 0.2) is 0 Å². The molecule has 0 aromatic heterocycles. The Morgan fingerprint density at radius 2 is 2.25 bits per heavy atom. The third-order valence-corrected chi connectivity index (χ3v) is 0.558. The number of carbonyl (C=O) groups excluding carboxylic acids is 1. The van der Waals surface area contributed by atoms with Crippen molar-refractivity contribution in [2.45, 2.75) is 12.8 Å². The molecule has 0 aliphatic rings. The molecule has 0 radical (unpaired) electrons. The van der Waals surface area contributed by atoms with Gasteiger partial charge < -0.3 is 9.84 Å². The summed E-state index contributed by atoms with van der Waals surface area (Å²) in [6, 6.07) is 0. The number of hydrogen-bond donors (Lipinski definition) is 1. The molecular weight excluding hydrogens is 115 g/mol. The highest BCUT2D eigenvalue weighted by atomic mass is 19.2. The van der Waals surface area contributed by atoms with E-state index in [1.807, 2.05) is 0 Å². The Kier molecular flexibility index (Phi) is 1.92. The topological polar surface area (TPSA) is 46.5 Å². The number of aliphatic hydroxyl groups is 1. The van der Waals surface area contributed by atoms with Crippen LogP contribution in [0.25, 0.3) is 0 Å². The molecule has 0 saturated carbocycles. The van der Waals surface area contributed by atoms with Crippen LogP contribution in [0, 0.1) is 0 Å². The molecule has 0 heterocycles. The molecule has 0 unspecified atom stereocenters. The van der Waals surface area contributed by atoms with Crippen molar-refractivity contribution < 1.29 is 19.0 Å². The van der Waals surface area contributed by atoms with E-state index in [0.717, 1.165) is 7.11 Å². The van der Waals surface area contributed by atoms with Gasteiger partial charge in [0, 0.05) is 6.92 Å². The highest BCUT2D eigenvalue weighted by Gasteiger charge is 2.30. The van der Waals surface area contributed by atoms with Crippen molar-refractivity contribution >= 4 is 5.97 Å². The quantitative estimate of drug-likeness (QED) is 0.491. The van der Waals surface area contributed by atoms with E-state index < -0.39 is 11.8 Å². The molecule has 0 aromatic carbocycles. The number of carbonyl (C=O) groups is 1. The van der Waals surface area contributed by atoms with Crippen molar-refractivity contribution in [3.63, 3.8) is 0 Å². The van der Waals surface area contributed by atoms with E-state index in [4.69, 9.17) is 5.11 Å². The maximum absolute atomic E-state index is 11.9. The van der Waals surface area contributed by atoms with E-state index in [0.29, 0.717) is 6.92 Å². The zero-order valence-electron chi connectivity index (χ0n) is 4.64. The molecule has 3 nitrogen and oxygen atoms in total. The average Bonchev–Trinajstić information content (AvgIpc) is 1.62. The molecule has 0 bridgehead atoms. The Balaban J connectivity index is 3.82. The molecule has 0 saturated heterocycles. The number of ether oxygens (including phenoxy) is 1. The van der Waals surface area contributed by atoms with Gasteiger partial charge in [0.05, 0.1) is 7.11 Å². The molecule has 48 valence electrons. The summed E-state index contributed by atoms with van der Waals surface area (Å²) < 4.78 is 15.7. The van der Waals surface area contributed by atoms with Crippen molar-refractivity contribution in [1.82, 2.24) is 0 Å². The number of alkyl halides is 1. The molecular formula is C4H7FO3. The van der Waals surface area contributed by atoms with Crippen LogP contribution in [-0.4, -0.2) is 24.0 Å². The summed E-state index contributed by atoms with van der Waals surface area (Å²) in [5, 5.41) is 8.14. The van der Waals surface area contributed by atoms with Crippen LogP contribution in [0.3, 0.4) is 0 Å². The highest BCUT2D eigenvalue weighted by Crippen LogP contribution is 2.04. The highest BCUT2D eigenvalue weighted by molar-refractivity contribution is 5.76. The second-order valence-corrected chi connectivity index (χ2v) is 1.44. The maximum atomic E-state index is 11.9. The van der Waals surface area contributed by atoms with Gasteiger partial charge in [-0.05, 0) is 0 Å². The zero-order valence-corrected chi connectivity index (χ0v) is 4.64. The lowest BCUT2D eigenvalue weighted by atomic mass is 10.4. The fourth-order valence-electron chi connectivity index (χ4n) is 0.186. The first-order valence-electron chi connectivity index (χ1n) is 1.98. The molecule has 8 heavy (non-hydrogen) atoms. The van der Waals surface area contributed by atoms with Crippen LogP contribution < -0.4 is 0 Å². The first-order valence-corrected chi connectivity index (χ1v) is 1.98. The molecule has 0 spiro atoms. The van der Waals surface area contributed by atoms with Crippen LogP contribution in [-0.2, 0) is 9.53 Å². The average molecular weight is 122 g/mol. The first-order chi connectivity index (χ1) is 3.48. The fraction of sp³-hybridized carbons (Fsp3) is 0.750. The summed E-state index contributed by atoms with van der Waals surface area (Å²) in [6.45, 7) is 0.707. The minimum atomic E-state index is -2.85. The number of hydrogen-bond acceptors (Lipinski definition) is 3. The SMILES string of the molecule is COC(=O)[C@](C)(O)F. The van der Waals surface area contributed by atoms with Crippen molar-refractivity contribution in [3.8, 4) is 0 Å². The van der Waals surface area contributed by atoms with E-state index in [9.17, 15) is 9.18 Å². The summed E-state index contributed by atoms with van der Waals surface area (Å²) in [5.41, 5.74) is 0. The summed E-state index contributed by atoms with van der Waals surface area (Å²) in [7, 11) is 0.996. The van der Waals surface area contributed by atoms with E-state index in [1.54, 1.807) is 0 Å². The standard InChI is InChI=1S/C4H7FO3/c1-4(5,7)3(6)8-2/h7H,1-2H3/t4-/m0/s1. The monoisotopic (exact) mass is 122 g/mol. The number of rotatable bonds is 1. The van der Waals surface area contributed by atoms with Gasteiger partial charge >= 0.3 is 11.8 Å². The lowest BCUT2D eigenvalue weighted by Crippen LogP contribution is -2.30. The van der Waals surface area contributed by atoms with Crippen LogP contribution >= 0.6 is 0 Å². The van der Waals surface area contributed by atoms with E-state index in [-0.39, 0.29) is 0 Å². The normalized spacial score (nSPS) is 17.0. The summed E-state index contributed by atoms with van der Waals surface area (Å²) in [6.07, 6.45) is 0. The van der Waals surface area contributed by atoms with Gasteiger partial charge in [0.2, 0.25) is 0 Å². The minimum Gasteiger partial charge on any atom is -0.465 e. The Labute approximate surface area is 46.1 Å². The van der Waals surface area contributed by atoms with Gasteiger partial charge in [-0.25, -0.2) is 4.79 Å². The Hall–Kier alpha value is -0.640. The van der Waals surface area contributed by atoms with Crippen LogP contribution in [0.4, 0.5) is 4.39 Å². The van der Waals surface area contributed by atoms with Gasteiger partial charge in [0.15, 0.2) is 0 Å². The van der Waals surface area contributed by atoms with Crippen molar-refractivity contribution in [2.24, 2.45) is 0 Å². The predicted octanol–water partition coefficient (Wildman–Crippen LogP) is -0.163. The third-order valence-electron chi connectivity index (χ3n) is 0.558. The summed E-state index contributed by atoms with van der Waals surface area (Å²) >= 11 is 0. The summed E-state index contributed by atoms with van der Waals surface area (Å²) in [4.78, 5) is 9.99. The number of esters is 1. The lowest BCUT2D eigenvalue weighted by molar-refractivity contribution is -0.179. The van der Waals surface area contributed by atoms with Gasteiger partial charge in [-0.2, -0.15) is 4.39 Å². The zero-order chi connectivity index (χ0) is 6.78. The molecule has 0 amide bonds. The minimum absolute atomic E-state index is 0.707. The molecule has 0 rings (SSSR count).